The molecule has 4 N–H and O–H groups in total. The van der Waals surface area contributed by atoms with Crippen molar-refractivity contribution < 1.29 is 9.90 Å². The number of hydrogen-bond donors (Lipinski definition) is 4. The third-order valence-electron chi connectivity index (χ3n) is 4.98. The van der Waals surface area contributed by atoms with Gasteiger partial charge in [-0.15, -0.1) is 24.0 Å². The number of amides is 1. The maximum Gasteiger partial charge on any atom is 0.223 e. The van der Waals surface area contributed by atoms with E-state index in [1.807, 2.05) is 37.3 Å². The molecule has 1 fully saturated rings. The van der Waals surface area contributed by atoms with Crippen LogP contribution in [0.3, 0.4) is 0 Å². The van der Waals surface area contributed by atoms with E-state index in [0.717, 1.165) is 37.8 Å². The molecule has 0 aromatic heterocycles. The maximum absolute atomic E-state index is 12.2. The van der Waals surface area contributed by atoms with Crippen LogP contribution in [0.1, 0.15) is 51.5 Å². The minimum absolute atomic E-state index is 0. The smallest absolute Gasteiger partial charge is 0.223 e. The summed E-state index contributed by atoms with van der Waals surface area (Å²) >= 11 is 0. The molecule has 28 heavy (non-hydrogen) atoms. The van der Waals surface area contributed by atoms with Crippen LogP contribution in [0.5, 0.6) is 0 Å². The quantitative estimate of drug-likeness (QED) is 0.191. The van der Waals surface area contributed by atoms with Crippen molar-refractivity contribution >= 4 is 35.8 Å². The van der Waals surface area contributed by atoms with E-state index in [2.05, 4.69) is 20.9 Å². The fraction of sp³-hybridized carbons (Fsp3) is 0.619. The second kappa shape index (κ2) is 13.0. The molecular weight excluding hydrogens is 467 g/mol. The number of carbonyl (C=O) groups excluding carboxylic acids is 1. The van der Waals surface area contributed by atoms with E-state index in [1.54, 1.807) is 6.92 Å². The first-order chi connectivity index (χ1) is 13.0. The lowest BCUT2D eigenvalue weighted by atomic mass is 9.89. The molecular formula is C21H35IN4O2. The first kappa shape index (κ1) is 24.7. The number of aliphatic imine (C=N–C) groups is 1. The van der Waals surface area contributed by atoms with Crippen LogP contribution in [-0.2, 0) is 10.4 Å². The number of benzene rings is 1. The Bertz CT molecular complexity index is 602. The highest BCUT2D eigenvalue weighted by atomic mass is 127. The van der Waals surface area contributed by atoms with Gasteiger partial charge >= 0.3 is 0 Å². The highest BCUT2D eigenvalue weighted by Gasteiger charge is 2.23. The zero-order chi connectivity index (χ0) is 19.5. The average molecular weight is 502 g/mol. The van der Waals surface area contributed by atoms with Crippen LogP contribution in [0.4, 0.5) is 0 Å². The standard InChI is InChI=1S/C21H34N4O2.HI/c1-3-22-20(25-16-21(2,27)18-12-8-5-9-13-18)24-15-14-23-19(26)17-10-6-4-7-11-17;/h5,8-9,12-13,17,27H,3-4,6-7,10-11,14-16H2,1-2H3,(H,23,26)(H2,22,24,25);1H. The molecule has 1 amide bonds. The molecule has 1 atom stereocenters. The number of aliphatic hydroxyl groups is 1. The van der Waals surface area contributed by atoms with Crippen molar-refractivity contribution in [3.63, 3.8) is 0 Å². The van der Waals surface area contributed by atoms with Crippen molar-refractivity contribution in [2.45, 2.75) is 51.6 Å². The van der Waals surface area contributed by atoms with Crippen LogP contribution >= 0.6 is 24.0 Å². The highest BCUT2D eigenvalue weighted by Crippen LogP contribution is 2.23. The Balaban J connectivity index is 0.00000392. The molecule has 1 aromatic carbocycles. The minimum atomic E-state index is -1.03. The van der Waals surface area contributed by atoms with Gasteiger partial charge in [0.25, 0.3) is 0 Å². The average Bonchev–Trinajstić information content (AvgIpc) is 2.70. The number of halogens is 1. The van der Waals surface area contributed by atoms with Crippen molar-refractivity contribution in [3.8, 4) is 0 Å². The van der Waals surface area contributed by atoms with Crippen LogP contribution in [0.25, 0.3) is 0 Å². The Morgan fingerprint density at radius 1 is 1.11 bits per heavy atom. The Labute approximate surface area is 186 Å². The van der Waals surface area contributed by atoms with Gasteiger partial charge < -0.3 is 21.1 Å². The van der Waals surface area contributed by atoms with Crippen molar-refractivity contribution in [3.05, 3.63) is 35.9 Å². The van der Waals surface area contributed by atoms with Gasteiger partial charge in [-0.25, -0.2) is 4.99 Å². The summed E-state index contributed by atoms with van der Waals surface area (Å²) in [6.45, 7) is 5.90. The van der Waals surface area contributed by atoms with Gasteiger partial charge in [0.1, 0.15) is 5.60 Å². The molecule has 7 heteroatoms. The van der Waals surface area contributed by atoms with Gasteiger partial charge in [0.15, 0.2) is 5.96 Å². The van der Waals surface area contributed by atoms with Gasteiger partial charge in [0, 0.05) is 25.6 Å². The van der Waals surface area contributed by atoms with Gasteiger partial charge in [-0.1, -0.05) is 49.6 Å². The molecule has 0 bridgehead atoms. The van der Waals surface area contributed by atoms with E-state index >= 15 is 0 Å². The van der Waals surface area contributed by atoms with Crippen molar-refractivity contribution in [2.75, 3.05) is 26.2 Å². The number of rotatable bonds is 8. The predicted octanol–water partition coefficient (Wildman–Crippen LogP) is 2.76. The third kappa shape index (κ3) is 8.34. The molecule has 1 saturated carbocycles. The summed E-state index contributed by atoms with van der Waals surface area (Å²) in [4.78, 5) is 16.7. The summed E-state index contributed by atoms with van der Waals surface area (Å²) < 4.78 is 0. The van der Waals surface area contributed by atoms with Crippen LogP contribution < -0.4 is 16.0 Å². The maximum atomic E-state index is 12.2. The fourth-order valence-electron chi connectivity index (χ4n) is 3.34. The van der Waals surface area contributed by atoms with Gasteiger partial charge in [-0.05, 0) is 32.3 Å². The van der Waals surface area contributed by atoms with Gasteiger partial charge in [0.2, 0.25) is 5.91 Å². The van der Waals surface area contributed by atoms with Crippen LogP contribution in [0, 0.1) is 5.92 Å². The van der Waals surface area contributed by atoms with Crippen molar-refractivity contribution in [1.29, 1.82) is 0 Å². The summed E-state index contributed by atoms with van der Waals surface area (Å²) in [5.41, 5.74) is -0.192. The number of hydrogen-bond acceptors (Lipinski definition) is 3. The lowest BCUT2D eigenvalue weighted by molar-refractivity contribution is -0.125. The monoisotopic (exact) mass is 502 g/mol. The second-order valence-corrected chi connectivity index (χ2v) is 7.39. The predicted molar refractivity (Wildman–Crippen MR) is 125 cm³/mol. The Hall–Kier alpha value is -1.35. The first-order valence-electron chi connectivity index (χ1n) is 10.1. The summed E-state index contributed by atoms with van der Waals surface area (Å²) in [7, 11) is 0. The van der Waals surface area contributed by atoms with E-state index in [4.69, 9.17) is 0 Å². The Morgan fingerprint density at radius 3 is 2.39 bits per heavy atom. The Kier molecular flexibility index (Phi) is 11.4. The van der Waals surface area contributed by atoms with E-state index in [-0.39, 0.29) is 42.3 Å². The van der Waals surface area contributed by atoms with Gasteiger partial charge in [-0.3, -0.25) is 4.79 Å². The van der Waals surface area contributed by atoms with Gasteiger partial charge in [0.05, 0.1) is 6.54 Å². The molecule has 1 aliphatic carbocycles. The fourth-order valence-corrected chi connectivity index (χ4v) is 3.34. The SMILES string of the molecule is CCNC(=NCC(C)(O)c1ccccc1)NCCNC(=O)C1CCCCC1.I. The minimum Gasteiger partial charge on any atom is -0.384 e. The summed E-state index contributed by atoms with van der Waals surface area (Å²) in [6.07, 6.45) is 5.60. The normalized spacial score (nSPS) is 17.2. The zero-order valence-electron chi connectivity index (χ0n) is 17.0. The van der Waals surface area contributed by atoms with E-state index in [1.165, 1.54) is 6.42 Å². The van der Waals surface area contributed by atoms with Crippen LogP contribution in [-0.4, -0.2) is 43.2 Å². The number of nitrogens with one attached hydrogen (secondary N) is 3. The van der Waals surface area contributed by atoms with Crippen LogP contribution in [0.15, 0.2) is 35.3 Å². The third-order valence-corrected chi connectivity index (χ3v) is 4.98. The van der Waals surface area contributed by atoms with E-state index in [0.29, 0.717) is 19.0 Å². The highest BCUT2D eigenvalue weighted by molar-refractivity contribution is 14.0. The number of nitrogens with zero attached hydrogens (tertiary/aromatic N) is 1. The molecule has 158 valence electrons. The van der Waals surface area contributed by atoms with Crippen molar-refractivity contribution in [1.82, 2.24) is 16.0 Å². The van der Waals surface area contributed by atoms with E-state index < -0.39 is 5.60 Å². The molecule has 0 heterocycles. The van der Waals surface area contributed by atoms with Crippen LogP contribution in [0.2, 0.25) is 0 Å². The molecule has 0 spiro atoms. The molecule has 0 radical (unpaired) electrons. The molecule has 1 aromatic rings. The summed E-state index contributed by atoms with van der Waals surface area (Å²) in [5.74, 6) is 0.993. The molecule has 6 nitrogen and oxygen atoms in total. The van der Waals surface area contributed by atoms with E-state index in [9.17, 15) is 9.90 Å². The molecule has 1 unspecified atom stereocenters. The number of carbonyl (C=O) groups is 1. The second-order valence-electron chi connectivity index (χ2n) is 7.39. The molecule has 1 aliphatic rings. The lowest BCUT2D eigenvalue weighted by Gasteiger charge is -2.23. The van der Waals surface area contributed by atoms with Gasteiger partial charge in [-0.2, -0.15) is 0 Å². The summed E-state index contributed by atoms with van der Waals surface area (Å²) in [6, 6.07) is 9.54. The lowest BCUT2D eigenvalue weighted by Crippen LogP contribution is -2.43. The molecule has 0 saturated heterocycles. The molecule has 2 rings (SSSR count). The van der Waals surface area contributed by atoms with Crippen molar-refractivity contribution in [2.24, 2.45) is 10.9 Å². The summed E-state index contributed by atoms with van der Waals surface area (Å²) in [5, 5.41) is 20.1. The number of guanidine groups is 1. The first-order valence-corrected chi connectivity index (χ1v) is 10.1. The Morgan fingerprint density at radius 2 is 1.75 bits per heavy atom. The molecule has 0 aliphatic heterocycles. The zero-order valence-corrected chi connectivity index (χ0v) is 19.4. The topological polar surface area (TPSA) is 85.8 Å². The largest absolute Gasteiger partial charge is 0.384 e.